The Morgan fingerprint density at radius 1 is 1.38 bits per heavy atom. The van der Waals surface area contributed by atoms with E-state index in [-0.39, 0.29) is 17.4 Å². The maximum Gasteiger partial charge on any atom is 0.226 e. The Bertz CT molecular complexity index is 217. The SMILES string of the molecule is CC(C)(NC(=O)C1CNC1)C1CC1. The molecule has 0 aromatic carbocycles. The van der Waals surface area contributed by atoms with E-state index in [2.05, 4.69) is 24.5 Å². The van der Waals surface area contributed by atoms with Gasteiger partial charge in [-0.25, -0.2) is 0 Å². The number of hydrogen-bond donors (Lipinski definition) is 2. The van der Waals surface area contributed by atoms with Gasteiger partial charge in [0.2, 0.25) is 5.91 Å². The molecule has 0 aromatic rings. The van der Waals surface area contributed by atoms with Gasteiger partial charge in [-0.2, -0.15) is 0 Å². The van der Waals surface area contributed by atoms with Crippen LogP contribution in [-0.2, 0) is 4.79 Å². The van der Waals surface area contributed by atoms with E-state index in [1.54, 1.807) is 0 Å². The Balaban J connectivity index is 1.84. The summed E-state index contributed by atoms with van der Waals surface area (Å²) in [4.78, 5) is 11.6. The fraction of sp³-hybridized carbons (Fsp3) is 0.900. The lowest BCUT2D eigenvalue weighted by atomic mass is 9.95. The molecule has 1 heterocycles. The highest BCUT2D eigenvalue weighted by molar-refractivity contribution is 5.80. The topological polar surface area (TPSA) is 41.1 Å². The van der Waals surface area contributed by atoms with Gasteiger partial charge in [0.1, 0.15) is 0 Å². The fourth-order valence-corrected chi connectivity index (χ4v) is 1.80. The molecule has 2 N–H and O–H groups in total. The lowest BCUT2D eigenvalue weighted by Crippen LogP contribution is -2.56. The van der Waals surface area contributed by atoms with Crippen molar-refractivity contribution in [2.24, 2.45) is 11.8 Å². The number of hydrogen-bond acceptors (Lipinski definition) is 2. The molecule has 1 aliphatic heterocycles. The third kappa shape index (κ3) is 1.85. The molecule has 2 rings (SSSR count). The zero-order valence-electron chi connectivity index (χ0n) is 8.39. The van der Waals surface area contributed by atoms with Crippen LogP contribution in [0.4, 0.5) is 0 Å². The molecule has 74 valence electrons. The van der Waals surface area contributed by atoms with Gasteiger partial charge in [-0.3, -0.25) is 4.79 Å². The van der Waals surface area contributed by atoms with E-state index in [1.807, 2.05) is 0 Å². The standard InChI is InChI=1S/C10H18N2O/c1-10(2,8-3-4-8)12-9(13)7-5-11-6-7/h7-8,11H,3-6H2,1-2H3,(H,12,13). The molecule has 0 aromatic heterocycles. The highest BCUT2D eigenvalue weighted by Gasteiger charge is 2.40. The summed E-state index contributed by atoms with van der Waals surface area (Å²) in [6, 6.07) is 0. The van der Waals surface area contributed by atoms with E-state index in [9.17, 15) is 4.79 Å². The van der Waals surface area contributed by atoms with Crippen molar-refractivity contribution in [2.45, 2.75) is 32.2 Å². The van der Waals surface area contributed by atoms with Gasteiger partial charge >= 0.3 is 0 Å². The lowest BCUT2D eigenvalue weighted by molar-refractivity contribution is -0.128. The van der Waals surface area contributed by atoms with Crippen LogP contribution >= 0.6 is 0 Å². The van der Waals surface area contributed by atoms with Gasteiger partial charge in [0.15, 0.2) is 0 Å². The molecular formula is C10H18N2O. The third-order valence-corrected chi connectivity index (χ3v) is 3.20. The molecular weight excluding hydrogens is 164 g/mol. The average molecular weight is 182 g/mol. The molecule has 0 spiro atoms. The number of carbonyl (C=O) groups excluding carboxylic acids is 1. The maximum atomic E-state index is 11.6. The van der Waals surface area contributed by atoms with Crippen LogP contribution in [0.3, 0.4) is 0 Å². The molecule has 1 amide bonds. The Kier molecular flexibility index (Phi) is 2.06. The second-order valence-corrected chi connectivity index (χ2v) is 4.84. The summed E-state index contributed by atoms with van der Waals surface area (Å²) >= 11 is 0. The van der Waals surface area contributed by atoms with Crippen LogP contribution < -0.4 is 10.6 Å². The van der Waals surface area contributed by atoms with Gasteiger partial charge < -0.3 is 10.6 Å². The van der Waals surface area contributed by atoms with Crippen molar-refractivity contribution in [1.29, 1.82) is 0 Å². The molecule has 3 heteroatoms. The van der Waals surface area contributed by atoms with Crippen LogP contribution in [0.1, 0.15) is 26.7 Å². The minimum absolute atomic E-state index is 0.0205. The van der Waals surface area contributed by atoms with Gasteiger partial charge in [0, 0.05) is 18.6 Å². The number of rotatable bonds is 3. The van der Waals surface area contributed by atoms with Gasteiger partial charge in [-0.15, -0.1) is 0 Å². The van der Waals surface area contributed by atoms with Gasteiger partial charge in [0.25, 0.3) is 0 Å². The van der Waals surface area contributed by atoms with Crippen LogP contribution in [0.5, 0.6) is 0 Å². The molecule has 0 bridgehead atoms. The van der Waals surface area contributed by atoms with Crippen LogP contribution in [0, 0.1) is 11.8 Å². The van der Waals surface area contributed by atoms with E-state index < -0.39 is 0 Å². The van der Waals surface area contributed by atoms with Gasteiger partial charge in [-0.05, 0) is 32.6 Å². The first-order chi connectivity index (χ1) is 6.09. The first kappa shape index (κ1) is 9.00. The lowest BCUT2D eigenvalue weighted by Gasteiger charge is -2.32. The molecule has 2 aliphatic rings. The second-order valence-electron chi connectivity index (χ2n) is 4.84. The highest BCUT2D eigenvalue weighted by atomic mass is 16.2. The highest BCUT2D eigenvalue weighted by Crippen LogP contribution is 2.39. The van der Waals surface area contributed by atoms with Crippen LogP contribution in [-0.4, -0.2) is 24.5 Å². The quantitative estimate of drug-likeness (QED) is 0.667. The van der Waals surface area contributed by atoms with Gasteiger partial charge in [0.05, 0.1) is 5.92 Å². The smallest absolute Gasteiger partial charge is 0.226 e. The summed E-state index contributed by atoms with van der Waals surface area (Å²) in [5.74, 6) is 1.16. The van der Waals surface area contributed by atoms with E-state index >= 15 is 0 Å². The molecule has 2 fully saturated rings. The van der Waals surface area contributed by atoms with Crippen molar-refractivity contribution in [1.82, 2.24) is 10.6 Å². The predicted molar refractivity (Wildman–Crippen MR) is 51.3 cm³/mol. The van der Waals surface area contributed by atoms with Crippen molar-refractivity contribution in [3.8, 4) is 0 Å². The van der Waals surface area contributed by atoms with Crippen molar-refractivity contribution >= 4 is 5.91 Å². The molecule has 1 saturated carbocycles. The molecule has 0 atom stereocenters. The molecule has 0 radical (unpaired) electrons. The predicted octanol–water partition coefficient (Wildman–Crippen LogP) is 0.511. The van der Waals surface area contributed by atoms with Crippen LogP contribution in [0.25, 0.3) is 0 Å². The zero-order valence-corrected chi connectivity index (χ0v) is 8.39. The van der Waals surface area contributed by atoms with E-state index in [4.69, 9.17) is 0 Å². The van der Waals surface area contributed by atoms with E-state index in [0.717, 1.165) is 13.1 Å². The normalized spacial score (nSPS) is 23.8. The molecule has 1 saturated heterocycles. The summed E-state index contributed by atoms with van der Waals surface area (Å²) in [6.07, 6.45) is 2.55. The first-order valence-electron chi connectivity index (χ1n) is 5.12. The molecule has 3 nitrogen and oxygen atoms in total. The van der Waals surface area contributed by atoms with Crippen molar-refractivity contribution < 1.29 is 4.79 Å². The summed E-state index contributed by atoms with van der Waals surface area (Å²) in [6.45, 7) is 5.97. The second kappa shape index (κ2) is 2.98. The Labute approximate surface area is 79.3 Å². The van der Waals surface area contributed by atoms with Crippen molar-refractivity contribution in [3.63, 3.8) is 0 Å². The van der Waals surface area contributed by atoms with Gasteiger partial charge in [-0.1, -0.05) is 0 Å². The van der Waals surface area contributed by atoms with E-state index in [0.29, 0.717) is 5.92 Å². The molecule has 13 heavy (non-hydrogen) atoms. The summed E-state index contributed by atoms with van der Waals surface area (Å²) in [7, 11) is 0. The monoisotopic (exact) mass is 182 g/mol. The largest absolute Gasteiger partial charge is 0.351 e. The molecule has 1 aliphatic carbocycles. The summed E-state index contributed by atoms with van der Waals surface area (Å²) in [5, 5.41) is 6.25. The number of nitrogens with one attached hydrogen (secondary N) is 2. The maximum absolute atomic E-state index is 11.6. The fourth-order valence-electron chi connectivity index (χ4n) is 1.80. The number of amides is 1. The van der Waals surface area contributed by atoms with Crippen LogP contribution in [0.15, 0.2) is 0 Å². The summed E-state index contributed by atoms with van der Waals surface area (Å²) in [5.41, 5.74) is 0.0205. The average Bonchev–Trinajstić information content (AvgIpc) is 2.58. The Morgan fingerprint density at radius 2 is 2.00 bits per heavy atom. The molecule has 0 unspecified atom stereocenters. The Hall–Kier alpha value is -0.570. The first-order valence-corrected chi connectivity index (χ1v) is 5.12. The summed E-state index contributed by atoms with van der Waals surface area (Å²) < 4.78 is 0. The minimum atomic E-state index is 0.0205. The minimum Gasteiger partial charge on any atom is -0.351 e. The number of carbonyl (C=O) groups is 1. The zero-order chi connectivity index (χ0) is 9.47. The Morgan fingerprint density at radius 3 is 2.38 bits per heavy atom. The van der Waals surface area contributed by atoms with Crippen LogP contribution in [0.2, 0.25) is 0 Å². The third-order valence-electron chi connectivity index (χ3n) is 3.20. The van der Waals surface area contributed by atoms with Crippen molar-refractivity contribution in [2.75, 3.05) is 13.1 Å². The van der Waals surface area contributed by atoms with E-state index in [1.165, 1.54) is 12.8 Å². The van der Waals surface area contributed by atoms with Crippen molar-refractivity contribution in [3.05, 3.63) is 0 Å².